The molecule has 2 rings (SSSR count). The SMILES string of the molecule is CCN(CC#CCOC(=O)C(c1ccccc1)C1CCCCC1)CCOI. The van der Waals surface area contributed by atoms with E-state index in [4.69, 9.17) is 7.80 Å². The lowest BCUT2D eigenvalue weighted by atomic mass is 9.77. The lowest BCUT2D eigenvalue weighted by Gasteiger charge is -2.29. The van der Waals surface area contributed by atoms with E-state index in [1.807, 2.05) is 53.3 Å². The van der Waals surface area contributed by atoms with Crippen molar-refractivity contribution in [3.63, 3.8) is 0 Å². The van der Waals surface area contributed by atoms with Gasteiger partial charge >= 0.3 is 5.97 Å². The molecule has 0 heterocycles. The number of benzene rings is 1. The molecular formula is C22H30INO3. The average molecular weight is 483 g/mol. The van der Waals surface area contributed by atoms with Crippen molar-refractivity contribution < 1.29 is 12.6 Å². The Morgan fingerprint density at radius 1 is 1.22 bits per heavy atom. The second kappa shape index (κ2) is 13.1. The second-order valence-corrected chi connectivity index (χ2v) is 7.55. The topological polar surface area (TPSA) is 38.8 Å². The van der Waals surface area contributed by atoms with Crippen molar-refractivity contribution in [3.8, 4) is 11.8 Å². The van der Waals surface area contributed by atoms with E-state index in [0.717, 1.165) is 31.5 Å². The Morgan fingerprint density at radius 2 is 1.96 bits per heavy atom. The van der Waals surface area contributed by atoms with Gasteiger partial charge in [0.15, 0.2) is 6.61 Å². The van der Waals surface area contributed by atoms with Gasteiger partial charge in [0.05, 0.1) is 19.1 Å². The molecule has 1 saturated carbocycles. The van der Waals surface area contributed by atoms with Crippen molar-refractivity contribution in [1.82, 2.24) is 4.90 Å². The van der Waals surface area contributed by atoms with Crippen molar-refractivity contribution in [2.75, 3.05) is 32.8 Å². The maximum Gasteiger partial charge on any atom is 0.314 e. The monoisotopic (exact) mass is 483 g/mol. The highest BCUT2D eigenvalue weighted by Gasteiger charge is 2.31. The van der Waals surface area contributed by atoms with Crippen molar-refractivity contribution in [2.24, 2.45) is 5.92 Å². The van der Waals surface area contributed by atoms with Crippen LogP contribution in [0.2, 0.25) is 0 Å². The van der Waals surface area contributed by atoms with Gasteiger partial charge in [-0.2, -0.15) is 0 Å². The number of esters is 1. The summed E-state index contributed by atoms with van der Waals surface area (Å²) in [7, 11) is 0. The van der Waals surface area contributed by atoms with E-state index < -0.39 is 0 Å². The first-order chi connectivity index (χ1) is 13.3. The minimum atomic E-state index is -0.166. The molecule has 0 aliphatic heterocycles. The standard InChI is InChI=1S/C22H30INO3/c1-2-24(16-18-27-23)15-9-10-17-26-22(25)21(19-11-5-3-6-12-19)20-13-7-4-8-14-20/h3,5-6,11-12,20-21H,2,4,7-8,13-18H2,1H3. The zero-order chi connectivity index (χ0) is 19.3. The zero-order valence-electron chi connectivity index (χ0n) is 16.2. The van der Waals surface area contributed by atoms with E-state index in [-0.39, 0.29) is 18.5 Å². The molecule has 1 fully saturated rings. The first-order valence-corrected chi connectivity index (χ1v) is 10.8. The van der Waals surface area contributed by atoms with Gasteiger partial charge in [-0.25, -0.2) is 0 Å². The number of hydrogen-bond acceptors (Lipinski definition) is 4. The summed E-state index contributed by atoms with van der Waals surface area (Å²) in [5, 5.41) is 0. The molecule has 0 aromatic heterocycles. The number of carbonyl (C=O) groups excluding carboxylic acids is 1. The summed E-state index contributed by atoms with van der Waals surface area (Å²) in [6.45, 7) is 5.39. The highest BCUT2D eigenvalue weighted by Crippen LogP contribution is 2.36. The smallest absolute Gasteiger partial charge is 0.314 e. The number of hydrogen-bond donors (Lipinski definition) is 0. The van der Waals surface area contributed by atoms with Gasteiger partial charge in [-0.3, -0.25) is 9.69 Å². The number of nitrogens with zero attached hydrogens (tertiary/aromatic N) is 1. The van der Waals surface area contributed by atoms with Crippen LogP contribution in [0, 0.1) is 17.8 Å². The predicted molar refractivity (Wildman–Crippen MR) is 117 cm³/mol. The van der Waals surface area contributed by atoms with Crippen LogP contribution in [0.15, 0.2) is 30.3 Å². The van der Waals surface area contributed by atoms with Crippen molar-refractivity contribution in [3.05, 3.63) is 35.9 Å². The van der Waals surface area contributed by atoms with Crippen LogP contribution in [-0.2, 0) is 12.6 Å². The highest BCUT2D eigenvalue weighted by molar-refractivity contribution is 14.1. The Kier molecular flexibility index (Phi) is 10.8. The van der Waals surface area contributed by atoms with Gasteiger partial charge in [0.1, 0.15) is 23.0 Å². The fourth-order valence-electron chi connectivity index (χ4n) is 3.66. The molecule has 1 aliphatic rings. The number of halogens is 1. The van der Waals surface area contributed by atoms with Gasteiger partial charge in [0, 0.05) is 6.54 Å². The Morgan fingerprint density at radius 3 is 2.63 bits per heavy atom. The molecule has 1 aromatic rings. The van der Waals surface area contributed by atoms with Gasteiger partial charge < -0.3 is 7.80 Å². The average Bonchev–Trinajstić information content (AvgIpc) is 2.72. The second-order valence-electron chi connectivity index (χ2n) is 6.93. The lowest BCUT2D eigenvalue weighted by Crippen LogP contribution is -2.27. The first-order valence-electron chi connectivity index (χ1n) is 9.89. The van der Waals surface area contributed by atoms with Crippen LogP contribution >= 0.6 is 23.0 Å². The fourth-order valence-corrected chi connectivity index (χ4v) is 3.85. The summed E-state index contributed by atoms with van der Waals surface area (Å²) in [6, 6.07) is 10.1. The Balaban J connectivity index is 1.90. The van der Waals surface area contributed by atoms with Gasteiger partial charge in [-0.05, 0) is 30.9 Å². The molecule has 0 bridgehead atoms. The Hall–Kier alpha value is -1.10. The molecule has 1 unspecified atom stereocenters. The fraction of sp³-hybridized carbons (Fsp3) is 0.591. The zero-order valence-corrected chi connectivity index (χ0v) is 18.3. The molecule has 27 heavy (non-hydrogen) atoms. The third-order valence-electron chi connectivity index (χ3n) is 5.18. The molecule has 0 spiro atoms. The van der Waals surface area contributed by atoms with Crippen molar-refractivity contribution >= 4 is 29.0 Å². The summed E-state index contributed by atoms with van der Waals surface area (Å²) >= 11 is 1.90. The molecule has 0 amide bonds. The summed E-state index contributed by atoms with van der Waals surface area (Å²) in [6.07, 6.45) is 5.88. The minimum Gasteiger partial charge on any atom is -0.452 e. The molecule has 148 valence electrons. The van der Waals surface area contributed by atoms with E-state index in [1.54, 1.807) is 0 Å². The van der Waals surface area contributed by atoms with Gasteiger partial charge in [-0.15, -0.1) is 0 Å². The predicted octanol–water partition coefficient (Wildman–Crippen LogP) is 4.59. The lowest BCUT2D eigenvalue weighted by molar-refractivity contribution is -0.145. The molecule has 0 saturated heterocycles. The molecule has 0 radical (unpaired) electrons. The minimum absolute atomic E-state index is 0.131. The van der Waals surface area contributed by atoms with Crippen LogP contribution in [0.1, 0.15) is 50.5 Å². The van der Waals surface area contributed by atoms with E-state index in [1.165, 1.54) is 19.3 Å². The van der Waals surface area contributed by atoms with E-state index in [2.05, 4.69) is 23.7 Å². The maximum atomic E-state index is 12.8. The third kappa shape index (κ3) is 7.81. The molecule has 0 N–H and O–H groups in total. The Bertz CT molecular complexity index is 605. The van der Waals surface area contributed by atoms with Crippen molar-refractivity contribution in [2.45, 2.75) is 44.9 Å². The van der Waals surface area contributed by atoms with Crippen LogP contribution in [-0.4, -0.2) is 43.7 Å². The van der Waals surface area contributed by atoms with Crippen molar-refractivity contribution in [1.29, 1.82) is 0 Å². The van der Waals surface area contributed by atoms with Crippen LogP contribution in [0.4, 0.5) is 0 Å². The highest BCUT2D eigenvalue weighted by atomic mass is 127. The summed E-state index contributed by atoms with van der Waals surface area (Å²) in [5.74, 6) is 6.17. The maximum absolute atomic E-state index is 12.8. The number of carbonyl (C=O) groups is 1. The van der Waals surface area contributed by atoms with Crippen LogP contribution in [0.3, 0.4) is 0 Å². The molecule has 5 heteroatoms. The number of rotatable bonds is 9. The number of ether oxygens (including phenoxy) is 1. The molecule has 1 aliphatic carbocycles. The number of likely N-dealkylation sites (N-methyl/N-ethyl adjacent to an activating group) is 1. The normalized spacial score (nSPS) is 15.8. The van der Waals surface area contributed by atoms with E-state index in [0.29, 0.717) is 19.1 Å². The van der Waals surface area contributed by atoms with Crippen LogP contribution in [0.25, 0.3) is 0 Å². The van der Waals surface area contributed by atoms with Gasteiger partial charge in [-0.1, -0.05) is 68.4 Å². The summed E-state index contributed by atoms with van der Waals surface area (Å²) in [5.41, 5.74) is 1.07. The third-order valence-corrected chi connectivity index (χ3v) is 5.62. The van der Waals surface area contributed by atoms with Crippen LogP contribution in [0.5, 0.6) is 0 Å². The summed E-state index contributed by atoms with van der Waals surface area (Å²) in [4.78, 5) is 15.0. The van der Waals surface area contributed by atoms with Gasteiger partial charge in [0.25, 0.3) is 0 Å². The first kappa shape index (κ1) is 22.2. The van der Waals surface area contributed by atoms with E-state index in [9.17, 15) is 4.79 Å². The summed E-state index contributed by atoms with van der Waals surface area (Å²) < 4.78 is 10.6. The molecular weight excluding hydrogens is 453 g/mol. The van der Waals surface area contributed by atoms with Gasteiger partial charge in [0.2, 0.25) is 0 Å². The molecule has 4 nitrogen and oxygen atoms in total. The molecule has 1 aromatic carbocycles. The Labute approximate surface area is 177 Å². The van der Waals surface area contributed by atoms with Crippen LogP contribution < -0.4 is 0 Å². The van der Waals surface area contributed by atoms with E-state index >= 15 is 0 Å². The molecule has 1 atom stereocenters. The quantitative estimate of drug-likeness (QED) is 0.293. The largest absolute Gasteiger partial charge is 0.452 e.